The second-order valence-corrected chi connectivity index (χ2v) is 8.14. The van der Waals surface area contributed by atoms with E-state index >= 15 is 0 Å². The molecule has 0 bridgehead atoms. The van der Waals surface area contributed by atoms with Crippen LogP contribution >= 0.6 is 22.6 Å². The highest BCUT2D eigenvalue weighted by molar-refractivity contribution is 14.1. The summed E-state index contributed by atoms with van der Waals surface area (Å²) < 4.78 is 2.28. The van der Waals surface area contributed by atoms with E-state index in [-0.39, 0.29) is 11.2 Å². The molecule has 4 rings (SSSR count). The topological polar surface area (TPSA) is 67.6 Å². The van der Waals surface area contributed by atoms with Crippen LogP contribution < -0.4 is 5.56 Å². The molecule has 0 amide bonds. The molecule has 0 saturated carbocycles. The molecule has 1 aromatic carbocycles. The number of allylic oxidation sites excluding steroid dienone is 4. The van der Waals surface area contributed by atoms with Crippen molar-refractivity contribution in [3.8, 4) is 0 Å². The van der Waals surface area contributed by atoms with Gasteiger partial charge in [-0.05, 0) is 59.7 Å². The van der Waals surface area contributed by atoms with Crippen LogP contribution in [0.1, 0.15) is 37.3 Å². The fraction of sp³-hybridized carbons (Fsp3) is 0.364. The number of alkyl halides is 1. The molecule has 0 saturated heterocycles. The van der Waals surface area contributed by atoms with E-state index in [0.717, 1.165) is 29.7 Å². The van der Waals surface area contributed by atoms with Crippen LogP contribution in [0.2, 0.25) is 0 Å². The summed E-state index contributed by atoms with van der Waals surface area (Å²) in [7, 11) is 0. The van der Waals surface area contributed by atoms with E-state index in [0.29, 0.717) is 28.3 Å². The van der Waals surface area contributed by atoms with Crippen molar-refractivity contribution in [3.63, 3.8) is 0 Å². The van der Waals surface area contributed by atoms with Crippen LogP contribution in [0.25, 0.3) is 10.9 Å². The number of aromatic nitrogens is 2. The Bertz CT molecular complexity index is 1110. The second-order valence-electron chi connectivity index (χ2n) is 7.38. The van der Waals surface area contributed by atoms with E-state index in [1.807, 2.05) is 13.0 Å². The van der Waals surface area contributed by atoms with Crippen molar-refractivity contribution in [2.24, 2.45) is 5.18 Å². The average Bonchev–Trinajstić information content (AvgIpc) is 2.99. The molecule has 0 N–H and O–H groups in total. The summed E-state index contributed by atoms with van der Waals surface area (Å²) in [6.07, 6.45) is 14.3. The quantitative estimate of drug-likeness (QED) is 0.324. The summed E-state index contributed by atoms with van der Waals surface area (Å²) in [6, 6.07) is 1.92. The maximum atomic E-state index is 13.3. The zero-order chi connectivity index (χ0) is 20.4. The standard InChI is InChI=1S/C22H23IN4O2/c1-2-16-11-17(12-23)20(25-29)21-19(16)22(28)27(14-24-21)13-15-7-9-26-8-5-3-4-6-18(26)10-15/h6-7,9-11,14H,2-5,8,12-13H2,1H3. The number of nitrogens with zero attached hydrogens (tertiary/aromatic N) is 4. The number of fused-ring (bicyclic) bond motifs is 2. The van der Waals surface area contributed by atoms with Gasteiger partial charge in [0.15, 0.2) is 0 Å². The Kier molecular flexibility index (Phi) is 5.94. The first-order chi connectivity index (χ1) is 14.2. The maximum Gasteiger partial charge on any atom is 0.261 e. The summed E-state index contributed by atoms with van der Waals surface area (Å²) in [6.45, 7) is 3.49. The Morgan fingerprint density at radius 2 is 2.14 bits per heavy atom. The normalized spacial score (nSPS) is 16.3. The Hall–Kier alpha value is -2.29. The molecule has 29 heavy (non-hydrogen) atoms. The zero-order valence-electron chi connectivity index (χ0n) is 16.4. The largest absolute Gasteiger partial charge is 0.348 e. The van der Waals surface area contributed by atoms with Crippen molar-refractivity contribution >= 4 is 39.2 Å². The minimum atomic E-state index is -0.122. The van der Waals surface area contributed by atoms with Crippen molar-refractivity contribution in [1.82, 2.24) is 14.5 Å². The molecule has 2 aliphatic rings. The predicted molar refractivity (Wildman–Crippen MR) is 124 cm³/mol. The summed E-state index contributed by atoms with van der Waals surface area (Å²) in [5, 5.41) is 3.69. The van der Waals surface area contributed by atoms with Gasteiger partial charge in [0.25, 0.3) is 5.56 Å². The van der Waals surface area contributed by atoms with Crippen molar-refractivity contribution in [1.29, 1.82) is 0 Å². The van der Waals surface area contributed by atoms with Crippen molar-refractivity contribution < 1.29 is 0 Å². The number of aryl methyl sites for hydroxylation is 1. The van der Waals surface area contributed by atoms with Gasteiger partial charge >= 0.3 is 0 Å². The molecule has 0 radical (unpaired) electrons. The van der Waals surface area contributed by atoms with Crippen molar-refractivity contribution in [2.45, 2.75) is 43.6 Å². The van der Waals surface area contributed by atoms with Crippen molar-refractivity contribution in [3.05, 3.63) is 74.5 Å². The van der Waals surface area contributed by atoms with Gasteiger partial charge in [-0.15, -0.1) is 4.91 Å². The third kappa shape index (κ3) is 3.80. The number of nitroso groups, excluding NO2 is 1. The molecule has 0 fully saturated rings. The Labute approximate surface area is 183 Å². The van der Waals surface area contributed by atoms with Gasteiger partial charge in [-0.1, -0.05) is 41.7 Å². The molecule has 0 unspecified atom stereocenters. The van der Waals surface area contributed by atoms with Gasteiger partial charge in [0.05, 0.1) is 18.3 Å². The van der Waals surface area contributed by atoms with Crippen LogP contribution in [0.15, 0.2) is 58.1 Å². The number of hydrogen-bond donors (Lipinski definition) is 0. The van der Waals surface area contributed by atoms with E-state index in [2.05, 4.69) is 62.1 Å². The highest BCUT2D eigenvalue weighted by Crippen LogP contribution is 2.32. The molecule has 7 heteroatoms. The minimum Gasteiger partial charge on any atom is -0.348 e. The summed E-state index contributed by atoms with van der Waals surface area (Å²) in [5.41, 5.74) is 4.58. The molecule has 0 atom stereocenters. The van der Waals surface area contributed by atoms with Gasteiger partial charge in [0.1, 0.15) is 11.2 Å². The number of halogens is 1. The van der Waals surface area contributed by atoms with E-state index in [1.54, 1.807) is 4.57 Å². The van der Waals surface area contributed by atoms with Crippen LogP contribution in [0.4, 0.5) is 5.69 Å². The van der Waals surface area contributed by atoms with Gasteiger partial charge in [0.2, 0.25) is 0 Å². The average molecular weight is 502 g/mol. The van der Waals surface area contributed by atoms with Gasteiger partial charge in [-0.3, -0.25) is 9.36 Å². The third-order valence-corrected chi connectivity index (χ3v) is 6.37. The number of rotatable bonds is 5. The van der Waals surface area contributed by atoms with Gasteiger partial charge < -0.3 is 4.90 Å². The van der Waals surface area contributed by atoms with Crippen LogP contribution in [-0.4, -0.2) is 21.0 Å². The van der Waals surface area contributed by atoms with Crippen LogP contribution in [0.5, 0.6) is 0 Å². The predicted octanol–water partition coefficient (Wildman–Crippen LogP) is 5.12. The summed E-state index contributed by atoms with van der Waals surface area (Å²) in [5.74, 6) is 0. The zero-order valence-corrected chi connectivity index (χ0v) is 18.6. The molecule has 150 valence electrons. The second kappa shape index (κ2) is 8.61. The lowest BCUT2D eigenvalue weighted by Gasteiger charge is -2.24. The van der Waals surface area contributed by atoms with Crippen LogP contribution in [0.3, 0.4) is 0 Å². The SMILES string of the molecule is CCc1cc(CI)c(N=O)c2ncn(CC3=CC4=CCCCCN4C=C3)c(=O)c12. The van der Waals surface area contributed by atoms with E-state index in [9.17, 15) is 9.70 Å². The minimum absolute atomic E-state index is 0.122. The number of benzene rings is 1. The van der Waals surface area contributed by atoms with Gasteiger partial charge in [0, 0.05) is 22.9 Å². The van der Waals surface area contributed by atoms with Crippen LogP contribution in [-0.2, 0) is 17.4 Å². The molecule has 0 aliphatic carbocycles. The van der Waals surface area contributed by atoms with E-state index in [1.165, 1.54) is 24.9 Å². The lowest BCUT2D eigenvalue weighted by Crippen LogP contribution is -2.24. The van der Waals surface area contributed by atoms with E-state index in [4.69, 9.17) is 0 Å². The Balaban J connectivity index is 1.77. The Morgan fingerprint density at radius 1 is 1.28 bits per heavy atom. The van der Waals surface area contributed by atoms with Gasteiger partial charge in [-0.25, -0.2) is 4.98 Å². The summed E-state index contributed by atoms with van der Waals surface area (Å²) in [4.78, 5) is 31.5. The first-order valence-corrected chi connectivity index (χ1v) is 11.5. The fourth-order valence-electron chi connectivity index (χ4n) is 4.00. The first-order valence-electron chi connectivity index (χ1n) is 9.95. The monoisotopic (exact) mass is 502 g/mol. The van der Waals surface area contributed by atoms with Gasteiger partial charge in [-0.2, -0.15) is 0 Å². The lowest BCUT2D eigenvalue weighted by molar-refractivity contribution is 0.465. The molecule has 0 spiro atoms. The lowest BCUT2D eigenvalue weighted by atomic mass is 10.0. The molecule has 3 heterocycles. The maximum absolute atomic E-state index is 13.3. The summed E-state index contributed by atoms with van der Waals surface area (Å²) >= 11 is 2.20. The fourth-order valence-corrected chi connectivity index (χ4v) is 4.58. The smallest absolute Gasteiger partial charge is 0.261 e. The van der Waals surface area contributed by atoms with Crippen molar-refractivity contribution in [2.75, 3.05) is 6.54 Å². The first kappa shape index (κ1) is 20.0. The number of hydrogen-bond acceptors (Lipinski definition) is 5. The highest BCUT2D eigenvalue weighted by Gasteiger charge is 2.18. The molecular weight excluding hydrogens is 479 g/mol. The van der Waals surface area contributed by atoms with E-state index < -0.39 is 0 Å². The molecule has 1 aromatic heterocycles. The third-order valence-electron chi connectivity index (χ3n) is 5.54. The Morgan fingerprint density at radius 3 is 2.90 bits per heavy atom. The van der Waals surface area contributed by atoms with Crippen LogP contribution in [0, 0.1) is 4.91 Å². The molecule has 2 aromatic rings. The highest BCUT2D eigenvalue weighted by atomic mass is 127. The molecule has 6 nitrogen and oxygen atoms in total. The molecule has 2 aliphatic heterocycles. The molecular formula is C22H23IN4O2.